The minimum atomic E-state index is 0.924. The van der Waals surface area contributed by atoms with E-state index in [9.17, 15) is 0 Å². The Labute approximate surface area is 177 Å². The molecule has 0 bridgehead atoms. The molecule has 1 aromatic carbocycles. The summed E-state index contributed by atoms with van der Waals surface area (Å²) in [5.41, 5.74) is 2.68. The number of benzene rings is 1. The van der Waals surface area contributed by atoms with Crippen LogP contribution < -0.4 is 0 Å². The van der Waals surface area contributed by atoms with Crippen LogP contribution in [0.5, 0.6) is 0 Å². The molecule has 1 aromatic rings. The van der Waals surface area contributed by atoms with Gasteiger partial charge in [0, 0.05) is 11.1 Å². The molecule has 0 radical (unpaired) electrons. The van der Waals surface area contributed by atoms with Gasteiger partial charge in [0.15, 0.2) is 0 Å². The van der Waals surface area contributed by atoms with Crippen molar-refractivity contribution in [3.63, 3.8) is 0 Å². The van der Waals surface area contributed by atoms with Crippen molar-refractivity contribution in [1.29, 1.82) is 0 Å². The summed E-state index contributed by atoms with van der Waals surface area (Å²) in [6.07, 6.45) is 14.0. The van der Waals surface area contributed by atoms with E-state index in [4.69, 9.17) is 12.2 Å². The maximum Gasteiger partial charge on any atom is 0.104 e. The lowest BCUT2D eigenvalue weighted by atomic mass is 10.1. The maximum absolute atomic E-state index is 5.49. The Bertz CT molecular complexity index is 445. The summed E-state index contributed by atoms with van der Waals surface area (Å²) in [5, 5.41) is 0.924. The highest BCUT2D eigenvalue weighted by atomic mass is 79.9. The van der Waals surface area contributed by atoms with Crippen molar-refractivity contribution in [1.82, 2.24) is 0 Å². The fourth-order valence-electron chi connectivity index (χ4n) is 2.65. The first-order valence-corrected chi connectivity index (χ1v) is 13.2. The van der Waals surface area contributed by atoms with Gasteiger partial charge in [-0.15, -0.1) is 23.5 Å². The van der Waals surface area contributed by atoms with Crippen LogP contribution in [0.15, 0.2) is 24.3 Å². The van der Waals surface area contributed by atoms with Crippen LogP contribution in [0.3, 0.4) is 0 Å². The van der Waals surface area contributed by atoms with Gasteiger partial charge < -0.3 is 0 Å². The van der Waals surface area contributed by atoms with Crippen LogP contribution in [-0.4, -0.2) is 9.28 Å². The van der Waals surface area contributed by atoms with Crippen LogP contribution in [0.25, 0.3) is 0 Å². The molecule has 0 fully saturated rings. The molecule has 0 aliphatic heterocycles. The lowest BCUT2D eigenvalue weighted by Gasteiger charge is -2.05. The van der Waals surface area contributed by atoms with Crippen molar-refractivity contribution in [2.24, 2.45) is 0 Å². The van der Waals surface area contributed by atoms with E-state index >= 15 is 0 Å². The number of unbranched alkanes of at least 4 members (excludes halogenated alkanes) is 9. The standard InChI is InChI=1S/C21H33BrS3/c1-2-3-4-5-6-7-8-9-10-11-16-24-21(23)25-18-20-14-12-19(17-22)13-15-20/h12-15H,2-11,16-18H2,1H3. The first-order valence-electron chi connectivity index (χ1n) is 9.69. The molecule has 0 spiro atoms. The van der Waals surface area contributed by atoms with Gasteiger partial charge in [0.1, 0.15) is 3.53 Å². The van der Waals surface area contributed by atoms with Crippen LogP contribution in [-0.2, 0) is 11.1 Å². The molecule has 0 unspecified atom stereocenters. The van der Waals surface area contributed by atoms with E-state index in [0.717, 1.165) is 14.6 Å². The molecule has 0 saturated carbocycles. The van der Waals surface area contributed by atoms with E-state index in [-0.39, 0.29) is 0 Å². The van der Waals surface area contributed by atoms with Crippen molar-refractivity contribution in [3.8, 4) is 0 Å². The molecule has 0 nitrogen and oxygen atoms in total. The third-order valence-electron chi connectivity index (χ3n) is 4.25. The molecule has 0 atom stereocenters. The molecule has 0 aliphatic carbocycles. The van der Waals surface area contributed by atoms with Gasteiger partial charge in [0.25, 0.3) is 0 Å². The highest BCUT2D eigenvalue weighted by molar-refractivity contribution is 9.08. The SMILES string of the molecule is CCCCCCCCCCCCSC(=S)SCc1ccc(CBr)cc1. The van der Waals surface area contributed by atoms with Gasteiger partial charge in [-0.2, -0.15) is 0 Å². The largest absolute Gasteiger partial charge is 0.108 e. The number of thiocarbonyl (C=S) groups is 1. The summed E-state index contributed by atoms with van der Waals surface area (Å²) in [6, 6.07) is 8.79. The van der Waals surface area contributed by atoms with Gasteiger partial charge in [0.05, 0.1) is 0 Å². The maximum atomic E-state index is 5.49. The van der Waals surface area contributed by atoms with Crippen LogP contribution in [0.4, 0.5) is 0 Å². The van der Waals surface area contributed by atoms with Crippen LogP contribution in [0.2, 0.25) is 0 Å². The van der Waals surface area contributed by atoms with Gasteiger partial charge in [-0.3, -0.25) is 0 Å². The second-order valence-electron chi connectivity index (χ2n) is 6.52. The predicted molar refractivity (Wildman–Crippen MR) is 127 cm³/mol. The summed E-state index contributed by atoms with van der Waals surface area (Å²) in [5.74, 6) is 2.18. The van der Waals surface area contributed by atoms with E-state index in [0.29, 0.717) is 0 Å². The molecule has 142 valence electrons. The lowest BCUT2D eigenvalue weighted by molar-refractivity contribution is 0.563. The van der Waals surface area contributed by atoms with E-state index in [1.807, 2.05) is 11.8 Å². The highest BCUT2D eigenvalue weighted by Crippen LogP contribution is 2.23. The molecule has 0 aromatic heterocycles. The molecule has 0 heterocycles. The predicted octanol–water partition coefficient (Wildman–Crippen LogP) is 8.75. The molecular weight excluding hydrogens is 428 g/mol. The third kappa shape index (κ3) is 13.3. The minimum absolute atomic E-state index is 0.924. The normalized spacial score (nSPS) is 11.0. The molecule has 0 amide bonds. The molecule has 0 N–H and O–H groups in total. The Morgan fingerprint density at radius 1 is 0.800 bits per heavy atom. The van der Waals surface area contributed by atoms with Crippen LogP contribution in [0.1, 0.15) is 82.3 Å². The van der Waals surface area contributed by atoms with Crippen molar-refractivity contribution in [2.75, 3.05) is 5.75 Å². The van der Waals surface area contributed by atoms with Crippen LogP contribution >= 0.6 is 51.7 Å². The molecule has 0 aliphatic rings. The Morgan fingerprint density at radius 2 is 1.32 bits per heavy atom. The van der Waals surface area contributed by atoms with E-state index in [2.05, 4.69) is 47.1 Å². The smallest absolute Gasteiger partial charge is 0.104 e. The first kappa shape index (κ1) is 23.5. The summed E-state index contributed by atoms with van der Waals surface area (Å²) >= 11 is 12.6. The van der Waals surface area contributed by atoms with Gasteiger partial charge in [0.2, 0.25) is 0 Å². The zero-order valence-electron chi connectivity index (χ0n) is 15.6. The first-order chi connectivity index (χ1) is 12.3. The summed E-state index contributed by atoms with van der Waals surface area (Å²) in [6.45, 7) is 2.28. The van der Waals surface area contributed by atoms with Gasteiger partial charge in [-0.25, -0.2) is 0 Å². The second kappa shape index (κ2) is 16.6. The number of rotatable bonds is 14. The highest BCUT2D eigenvalue weighted by Gasteiger charge is 2.01. The summed E-state index contributed by atoms with van der Waals surface area (Å²) < 4.78 is 1.10. The van der Waals surface area contributed by atoms with Crippen molar-refractivity contribution in [3.05, 3.63) is 35.4 Å². The molecule has 4 heteroatoms. The number of alkyl halides is 1. The molecule has 25 heavy (non-hydrogen) atoms. The number of thioether (sulfide) groups is 2. The summed E-state index contributed by atoms with van der Waals surface area (Å²) in [4.78, 5) is 0. The minimum Gasteiger partial charge on any atom is -0.108 e. The van der Waals surface area contributed by atoms with Crippen molar-refractivity contribution >= 4 is 55.2 Å². The number of hydrogen-bond acceptors (Lipinski definition) is 3. The fraction of sp³-hybridized carbons (Fsp3) is 0.667. The van der Waals surface area contributed by atoms with E-state index < -0.39 is 0 Å². The topological polar surface area (TPSA) is 0 Å². The number of halogens is 1. The van der Waals surface area contributed by atoms with Gasteiger partial charge in [-0.05, 0) is 23.3 Å². The molecular formula is C21H33BrS3. The fourth-order valence-corrected chi connectivity index (χ4v) is 5.21. The second-order valence-corrected chi connectivity index (χ2v) is 10.4. The Balaban J connectivity index is 1.91. The number of hydrogen-bond donors (Lipinski definition) is 0. The van der Waals surface area contributed by atoms with Crippen molar-refractivity contribution in [2.45, 2.75) is 82.2 Å². The average molecular weight is 462 g/mol. The van der Waals surface area contributed by atoms with E-state index in [1.54, 1.807) is 11.8 Å². The lowest BCUT2D eigenvalue weighted by Crippen LogP contribution is -1.89. The molecule has 0 saturated heterocycles. The third-order valence-corrected chi connectivity index (χ3v) is 7.76. The average Bonchev–Trinajstić information content (AvgIpc) is 2.65. The zero-order valence-corrected chi connectivity index (χ0v) is 19.6. The monoisotopic (exact) mass is 460 g/mol. The quantitative estimate of drug-likeness (QED) is 0.154. The van der Waals surface area contributed by atoms with Crippen LogP contribution in [0, 0.1) is 0 Å². The Morgan fingerprint density at radius 3 is 1.88 bits per heavy atom. The zero-order chi connectivity index (χ0) is 18.2. The van der Waals surface area contributed by atoms with E-state index in [1.165, 1.54) is 81.1 Å². The van der Waals surface area contributed by atoms with Gasteiger partial charge in [-0.1, -0.05) is 117 Å². The summed E-state index contributed by atoms with van der Waals surface area (Å²) in [7, 11) is 0. The van der Waals surface area contributed by atoms with Crippen molar-refractivity contribution < 1.29 is 0 Å². The van der Waals surface area contributed by atoms with Gasteiger partial charge >= 0.3 is 0 Å². The molecule has 1 rings (SSSR count). The Kier molecular flexibility index (Phi) is 15.7. The Hall–Kier alpha value is 0.490.